The van der Waals surface area contributed by atoms with Crippen molar-refractivity contribution in [2.45, 2.75) is 33.1 Å². The fourth-order valence-corrected chi connectivity index (χ4v) is 2.35. The highest BCUT2D eigenvalue weighted by atomic mass is 16.5. The van der Waals surface area contributed by atoms with Gasteiger partial charge in [0, 0.05) is 11.8 Å². The van der Waals surface area contributed by atoms with Crippen molar-refractivity contribution in [3.63, 3.8) is 0 Å². The lowest BCUT2D eigenvalue weighted by atomic mass is 9.99. The van der Waals surface area contributed by atoms with Crippen LogP contribution in [0.3, 0.4) is 0 Å². The standard InChI is InChI=1S/C22H25NO3/c1-4-17(3)19-10-12-20(13-11-19)23-21(24)15-26-22(25)14-9-18-7-5-16(2)6-8-18/h5-14,17H,4,15H2,1-3H3,(H,23,24)/b14-9+/t17-/m1/s1. The van der Waals surface area contributed by atoms with Gasteiger partial charge in [0.15, 0.2) is 6.61 Å². The largest absolute Gasteiger partial charge is 0.452 e. The molecule has 0 aromatic heterocycles. The van der Waals surface area contributed by atoms with Gasteiger partial charge >= 0.3 is 5.97 Å². The van der Waals surface area contributed by atoms with Gasteiger partial charge in [-0.15, -0.1) is 0 Å². The average molecular weight is 351 g/mol. The summed E-state index contributed by atoms with van der Waals surface area (Å²) in [6.07, 6.45) is 4.05. The first kappa shape index (κ1) is 19.4. The number of aryl methyl sites for hydroxylation is 1. The molecule has 0 unspecified atom stereocenters. The van der Waals surface area contributed by atoms with Crippen LogP contribution in [0.15, 0.2) is 54.6 Å². The summed E-state index contributed by atoms with van der Waals surface area (Å²) >= 11 is 0. The molecule has 136 valence electrons. The van der Waals surface area contributed by atoms with Gasteiger partial charge in [-0.2, -0.15) is 0 Å². The Morgan fingerprint density at radius 2 is 1.73 bits per heavy atom. The van der Waals surface area contributed by atoms with Crippen LogP contribution in [0.5, 0.6) is 0 Å². The van der Waals surface area contributed by atoms with Gasteiger partial charge in [0.1, 0.15) is 0 Å². The number of carbonyl (C=O) groups excluding carboxylic acids is 2. The predicted octanol–water partition coefficient (Wildman–Crippen LogP) is 4.70. The predicted molar refractivity (Wildman–Crippen MR) is 105 cm³/mol. The molecule has 0 aliphatic heterocycles. The first-order valence-electron chi connectivity index (χ1n) is 8.79. The molecule has 0 bridgehead atoms. The number of nitrogens with one attached hydrogen (secondary N) is 1. The summed E-state index contributed by atoms with van der Waals surface area (Å²) in [6, 6.07) is 15.5. The summed E-state index contributed by atoms with van der Waals surface area (Å²) in [7, 11) is 0. The van der Waals surface area contributed by atoms with Gasteiger partial charge in [0.05, 0.1) is 0 Å². The summed E-state index contributed by atoms with van der Waals surface area (Å²) in [5.41, 5.74) is 3.98. The van der Waals surface area contributed by atoms with Crippen molar-refractivity contribution in [3.05, 3.63) is 71.3 Å². The number of anilines is 1. The minimum atomic E-state index is -0.548. The van der Waals surface area contributed by atoms with Crippen LogP contribution in [0.2, 0.25) is 0 Å². The number of benzene rings is 2. The summed E-state index contributed by atoms with van der Waals surface area (Å²) in [5.74, 6) is -0.424. The van der Waals surface area contributed by atoms with E-state index >= 15 is 0 Å². The van der Waals surface area contributed by atoms with E-state index in [1.165, 1.54) is 11.6 Å². The molecule has 0 aliphatic rings. The van der Waals surface area contributed by atoms with Crippen LogP contribution in [-0.4, -0.2) is 18.5 Å². The lowest BCUT2D eigenvalue weighted by Crippen LogP contribution is -2.20. The summed E-state index contributed by atoms with van der Waals surface area (Å²) in [6.45, 7) is 5.99. The minimum Gasteiger partial charge on any atom is -0.452 e. The molecule has 0 saturated carbocycles. The van der Waals surface area contributed by atoms with E-state index in [1.807, 2.05) is 55.5 Å². The van der Waals surface area contributed by atoms with E-state index in [0.29, 0.717) is 11.6 Å². The third kappa shape index (κ3) is 6.20. The van der Waals surface area contributed by atoms with Crippen molar-refractivity contribution >= 4 is 23.6 Å². The maximum atomic E-state index is 11.9. The zero-order valence-corrected chi connectivity index (χ0v) is 15.5. The molecule has 2 aromatic carbocycles. The van der Waals surface area contributed by atoms with Gasteiger partial charge in [0.25, 0.3) is 5.91 Å². The van der Waals surface area contributed by atoms with Gasteiger partial charge in [-0.1, -0.05) is 55.8 Å². The van der Waals surface area contributed by atoms with E-state index in [9.17, 15) is 9.59 Å². The van der Waals surface area contributed by atoms with Gasteiger partial charge in [0.2, 0.25) is 0 Å². The van der Waals surface area contributed by atoms with Crippen molar-refractivity contribution in [2.24, 2.45) is 0 Å². The minimum absolute atomic E-state index is 0.315. The Morgan fingerprint density at radius 3 is 2.35 bits per heavy atom. The molecule has 1 amide bonds. The maximum Gasteiger partial charge on any atom is 0.331 e. The lowest BCUT2D eigenvalue weighted by Gasteiger charge is -2.10. The fourth-order valence-electron chi connectivity index (χ4n) is 2.35. The Bertz CT molecular complexity index is 761. The quantitative estimate of drug-likeness (QED) is 0.581. The Kier molecular flexibility index (Phi) is 7.15. The smallest absolute Gasteiger partial charge is 0.331 e. The molecule has 1 N–H and O–H groups in total. The first-order valence-corrected chi connectivity index (χ1v) is 8.79. The van der Waals surface area contributed by atoms with E-state index in [1.54, 1.807) is 6.08 Å². The summed E-state index contributed by atoms with van der Waals surface area (Å²) < 4.78 is 4.96. The van der Waals surface area contributed by atoms with Crippen molar-refractivity contribution < 1.29 is 14.3 Å². The molecular weight excluding hydrogens is 326 g/mol. The van der Waals surface area contributed by atoms with E-state index in [2.05, 4.69) is 19.2 Å². The highest BCUT2D eigenvalue weighted by Gasteiger charge is 2.07. The highest BCUT2D eigenvalue weighted by Crippen LogP contribution is 2.20. The monoisotopic (exact) mass is 351 g/mol. The third-order valence-electron chi connectivity index (χ3n) is 4.21. The van der Waals surface area contributed by atoms with Crippen LogP contribution < -0.4 is 5.32 Å². The molecule has 2 rings (SSSR count). The molecule has 4 heteroatoms. The maximum absolute atomic E-state index is 11.9. The molecule has 4 nitrogen and oxygen atoms in total. The molecule has 0 heterocycles. The topological polar surface area (TPSA) is 55.4 Å². The third-order valence-corrected chi connectivity index (χ3v) is 4.21. The molecule has 2 aromatic rings. The van der Waals surface area contributed by atoms with Crippen LogP contribution in [-0.2, 0) is 14.3 Å². The normalized spacial score (nSPS) is 12.0. The fraction of sp³-hybridized carbons (Fsp3) is 0.273. The zero-order chi connectivity index (χ0) is 18.9. The van der Waals surface area contributed by atoms with Crippen LogP contribution in [0, 0.1) is 6.92 Å². The number of carbonyl (C=O) groups is 2. The van der Waals surface area contributed by atoms with Crippen molar-refractivity contribution in [3.8, 4) is 0 Å². The van der Waals surface area contributed by atoms with Gasteiger partial charge < -0.3 is 10.1 Å². The Balaban J connectivity index is 1.79. The van der Waals surface area contributed by atoms with Gasteiger partial charge in [-0.05, 0) is 48.6 Å². The average Bonchev–Trinajstić information content (AvgIpc) is 2.66. The molecule has 1 atom stereocenters. The number of rotatable bonds is 7. The van der Waals surface area contributed by atoms with Gasteiger partial charge in [-0.3, -0.25) is 4.79 Å². The Labute approximate surface area is 154 Å². The summed E-state index contributed by atoms with van der Waals surface area (Å²) in [5, 5.41) is 2.72. The number of ether oxygens (including phenoxy) is 1. The SMILES string of the molecule is CC[C@@H](C)c1ccc(NC(=O)COC(=O)/C=C/c2ccc(C)cc2)cc1. The second-order valence-corrected chi connectivity index (χ2v) is 6.33. The van der Waals surface area contributed by atoms with Crippen molar-refractivity contribution in [1.29, 1.82) is 0 Å². The van der Waals surface area contributed by atoms with Crippen molar-refractivity contribution in [2.75, 3.05) is 11.9 Å². The van der Waals surface area contributed by atoms with Gasteiger partial charge in [-0.25, -0.2) is 4.79 Å². The number of hydrogen-bond donors (Lipinski definition) is 1. The number of hydrogen-bond acceptors (Lipinski definition) is 3. The van der Waals surface area contributed by atoms with E-state index in [-0.39, 0.29) is 12.5 Å². The number of amides is 1. The zero-order valence-electron chi connectivity index (χ0n) is 15.5. The Morgan fingerprint density at radius 1 is 1.08 bits per heavy atom. The molecule has 0 radical (unpaired) electrons. The lowest BCUT2D eigenvalue weighted by molar-refractivity contribution is -0.142. The van der Waals surface area contributed by atoms with E-state index < -0.39 is 5.97 Å². The summed E-state index contributed by atoms with van der Waals surface area (Å²) in [4.78, 5) is 23.6. The second-order valence-electron chi connectivity index (χ2n) is 6.33. The molecule has 0 saturated heterocycles. The highest BCUT2D eigenvalue weighted by molar-refractivity contribution is 5.94. The molecule has 0 spiro atoms. The van der Waals surface area contributed by atoms with Crippen LogP contribution in [0.1, 0.15) is 42.9 Å². The molecule has 0 aliphatic carbocycles. The van der Waals surface area contributed by atoms with Crippen LogP contribution in [0.25, 0.3) is 6.08 Å². The van der Waals surface area contributed by atoms with E-state index in [0.717, 1.165) is 17.5 Å². The first-order chi connectivity index (χ1) is 12.5. The van der Waals surface area contributed by atoms with Crippen LogP contribution in [0.4, 0.5) is 5.69 Å². The van der Waals surface area contributed by atoms with Crippen LogP contribution >= 0.6 is 0 Å². The molecular formula is C22H25NO3. The molecule has 0 fully saturated rings. The second kappa shape index (κ2) is 9.56. The Hall–Kier alpha value is -2.88. The van der Waals surface area contributed by atoms with Crippen molar-refractivity contribution in [1.82, 2.24) is 0 Å². The van der Waals surface area contributed by atoms with E-state index in [4.69, 9.17) is 4.74 Å². The molecule has 26 heavy (non-hydrogen) atoms. The number of esters is 1.